The third-order valence-electron chi connectivity index (χ3n) is 6.59. The molecule has 0 radical (unpaired) electrons. The Balaban J connectivity index is 1.29. The fraction of sp³-hybridized carbons (Fsp3) is 0.391. The van der Waals surface area contributed by atoms with Crippen LogP contribution in [0.15, 0.2) is 53.4 Å². The molecule has 2 saturated heterocycles. The summed E-state index contributed by atoms with van der Waals surface area (Å²) in [6.45, 7) is 2.03. The van der Waals surface area contributed by atoms with Gasteiger partial charge in [-0.25, -0.2) is 13.2 Å². The van der Waals surface area contributed by atoms with E-state index in [1.807, 2.05) is 18.2 Å². The molecule has 0 aliphatic carbocycles. The Morgan fingerprint density at radius 1 is 0.903 bits per heavy atom. The van der Waals surface area contributed by atoms with E-state index < -0.39 is 15.6 Å². The number of esters is 1. The number of piperidine rings is 1. The lowest BCUT2D eigenvalue weighted by Crippen LogP contribution is -2.45. The molecule has 3 aliphatic rings. The minimum atomic E-state index is -3.49. The molecule has 0 N–H and O–H groups in total. The standard InChI is InChI=1S/C23H24N2O5S/c26-21(17-7-9-18(10-8-17)31(28,29)25-13-3-4-14-25)24-15-11-23(12-16-24)20-6-2-1-5-19(20)22(27)30-23/h1-2,5-10H,3-4,11-16H2. The molecule has 0 unspecified atom stereocenters. The predicted molar refractivity (Wildman–Crippen MR) is 113 cm³/mol. The zero-order chi connectivity index (χ0) is 21.6. The molecule has 2 aromatic rings. The SMILES string of the molecule is O=C1OC2(CCN(C(=O)c3ccc(S(=O)(=O)N4CCCC4)cc3)CC2)c2ccccc21. The van der Waals surface area contributed by atoms with E-state index in [9.17, 15) is 18.0 Å². The van der Waals surface area contributed by atoms with Gasteiger partial charge in [0.05, 0.1) is 10.5 Å². The highest BCUT2D eigenvalue weighted by Gasteiger charge is 2.47. The highest BCUT2D eigenvalue weighted by Crippen LogP contribution is 2.44. The number of benzene rings is 2. The highest BCUT2D eigenvalue weighted by atomic mass is 32.2. The summed E-state index contributed by atoms with van der Waals surface area (Å²) in [7, 11) is -3.49. The van der Waals surface area contributed by atoms with Crippen molar-refractivity contribution in [2.45, 2.75) is 36.2 Å². The van der Waals surface area contributed by atoms with Crippen molar-refractivity contribution in [3.63, 3.8) is 0 Å². The fourth-order valence-corrected chi connectivity index (χ4v) is 6.33. The molecule has 8 heteroatoms. The van der Waals surface area contributed by atoms with E-state index in [0.717, 1.165) is 18.4 Å². The first-order valence-corrected chi connectivity index (χ1v) is 12.1. The average molecular weight is 441 g/mol. The summed E-state index contributed by atoms with van der Waals surface area (Å²) < 4.78 is 32.6. The van der Waals surface area contributed by atoms with E-state index in [2.05, 4.69) is 0 Å². The summed E-state index contributed by atoms with van der Waals surface area (Å²) in [5.74, 6) is -0.442. The Kier molecular flexibility index (Phi) is 4.86. The van der Waals surface area contributed by atoms with Crippen LogP contribution in [0.3, 0.4) is 0 Å². The highest BCUT2D eigenvalue weighted by molar-refractivity contribution is 7.89. The lowest BCUT2D eigenvalue weighted by atomic mass is 9.83. The lowest BCUT2D eigenvalue weighted by molar-refractivity contribution is -0.0389. The van der Waals surface area contributed by atoms with Gasteiger partial charge in [0.15, 0.2) is 0 Å². The van der Waals surface area contributed by atoms with Crippen molar-refractivity contribution < 1.29 is 22.7 Å². The van der Waals surface area contributed by atoms with Gasteiger partial charge in [-0.3, -0.25) is 4.79 Å². The molecule has 3 aliphatic heterocycles. The van der Waals surface area contributed by atoms with Crippen LogP contribution in [0.25, 0.3) is 0 Å². The number of hydrogen-bond acceptors (Lipinski definition) is 5. The number of hydrogen-bond donors (Lipinski definition) is 0. The summed E-state index contributed by atoms with van der Waals surface area (Å²) in [5.41, 5.74) is 1.32. The van der Waals surface area contributed by atoms with Gasteiger partial charge in [0.25, 0.3) is 5.91 Å². The largest absolute Gasteiger partial charge is 0.450 e. The molecule has 5 rings (SSSR count). The number of rotatable bonds is 3. The molecule has 162 valence electrons. The van der Waals surface area contributed by atoms with Crippen LogP contribution in [0.1, 0.15) is 52.0 Å². The molecule has 0 atom stereocenters. The van der Waals surface area contributed by atoms with E-state index >= 15 is 0 Å². The summed E-state index contributed by atoms with van der Waals surface area (Å²) in [4.78, 5) is 27.2. The Labute approximate surface area is 181 Å². The van der Waals surface area contributed by atoms with Crippen LogP contribution in [0, 0.1) is 0 Å². The van der Waals surface area contributed by atoms with Crippen LogP contribution in [0.2, 0.25) is 0 Å². The van der Waals surface area contributed by atoms with E-state index in [0.29, 0.717) is 50.1 Å². The molecule has 0 bridgehead atoms. The zero-order valence-electron chi connectivity index (χ0n) is 17.1. The molecule has 7 nitrogen and oxygen atoms in total. The van der Waals surface area contributed by atoms with Gasteiger partial charge >= 0.3 is 5.97 Å². The number of nitrogens with zero attached hydrogens (tertiary/aromatic N) is 2. The quantitative estimate of drug-likeness (QED) is 0.686. The molecule has 1 amide bonds. The molecule has 1 spiro atoms. The number of carbonyl (C=O) groups is 2. The molecule has 2 fully saturated rings. The van der Waals surface area contributed by atoms with Crippen molar-refractivity contribution in [2.75, 3.05) is 26.2 Å². The van der Waals surface area contributed by atoms with Gasteiger partial charge in [0.1, 0.15) is 5.60 Å². The number of amides is 1. The van der Waals surface area contributed by atoms with Crippen LogP contribution < -0.4 is 0 Å². The van der Waals surface area contributed by atoms with Gasteiger partial charge in [0, 0.05) is 50.1 Å². The number of ether oxygens (including phenoxy) is 1. The molecule has 2 aromatic carbocycles. The molecular weight excluding hydrogens is 416 g/mol. The molecule has 0 aromatic heterocycles. The Bertz CT molecular complexity index is 1130. The monoisotopic (exact) mass is 440 g/mol. The molecular formula is C23H24N2O5S. The van der Waals surface area contributed by atoms with Gasteiger partial charge in [-0.15, -0.1) is 0 Å². The van der Waals surface area contributed by atoms with Crippen molar-refractivity contribution in [1.82, 2.24) is 9.21 Å². The van der Waals surface area contributed by atoms with E-state index in [1.54, 1.807) is 23.1 Å². The maximum Gasteiger partial charge on any atom is 0.339 e. The molecule has 3 heterocycles. The topological polar surface area (TPSA) is 84.0 Å². The smallest absolute Gasteiger partial charge is 0.339 e. The van der Waals surface area contributed by atoms with Crippen molar-refractivity contribution in [1.29, 1.82) is 0 Å². The van der Waals surface area contributed by atoms with Gasteiger partial charge in [-0.2, -0.15) is 4.31 Å². The van der Waals surface area contributed by atoms with Gasteiger partial charge < -0.3 is 9.64 Å². The van der Waals surface area contributed by atoms with Crippen LogP contribution in [-0.2, 0) is 20.4 Å². The average Bonchev–Trinajstić information content (AvgIpc) is 3.43. The molecule has 0 saturated carbocycles. The van der Waals surface area contributed by atoms with Gasteiger partial charge in [0.2, 0.25) is 10.0 Å². The Morgan fingerprint density at radius 2 is 1.55 bits per heavy atom. The lowest BCUT2D eigenvalue weighted by Gasteiger charge is -2.38. The van der Waals surface area contributed by atoms with E-state index in [-0.39, 0.29) is 16.8 Å². The zero-order valence-corrected chi connectivity index (χ0v) is 17.9. The predicted octanol–water partition coefficient (Wildman–Crippen LogP) is 2.77. The number of fused-ring (bicyclic) bond motifs is 2. The van der Waals surface area contributed by atoms with Crippen molar-refractivity contribution in [3.05, 3.63) is 65.2 Å². The first kappa shape index (κ1) is 20.2. The van der Waals surface area contributed by atoms with Crippen molar-refractivity contribution in [3.8, 4) is 0 Å². The van der Waals surface area contributed by atoms with Crippen LogP contribution in [0.4, 0.5) is 0 Å². The Morgan fingerprint density at radius 3 is 2.23 bits per heavy atom. The third kappa shape index (κ3) is 3.34. The van der Waals surface area contributed by atoms with Gasteiger partial charge in [-0.1, -0.05) is 18.2 Å². The first-order chi connectivity index (χ1) is 14.9. The van der Waals surface area contributed by atoms with Crippen LogP contribution in [0.5, 0.6) is 0 Å². The van der Waals surface area contributed by atoms with Gasteiger partial charge in [-0.05, 0) is 43.2 Å². The Hall–Kier alpha value is -2.71. The summed E-state index contributed by atoms with van der Waals surface area (Å²) in [5, 5.41) is 0. The number of sulfonamides is 1. The molecule has 31 heavy (non-hydrogen) atoms. The van der Waals surface area contributed by atoms with E-state index in [4.69, 9.17) is 4.74 Å². The maximum absolute atomic E-state index is 13.0. The second kappa shape index (κ2) is 7.46. The minimum Gasteiger partial charge on any atom is -0.450 e. The maximum atomic E-state index is 13.0. The first-order valence-electron chi connectivity index (χ1n) is 10.6. The van der Waals surface area contributed by atoms with Crippen molar-refractivity contribution in [2.24, 2.45) is 0 Å². The van der Waals surface area contributed by atoms with Crippen LogP contribution in [-0.4, -0.2) is 55.7 Å². The summed E-state index contributed by atoms with van der Waals surface area (Å²) in [6.07, 6.45) is 2.85. The number of carbonyl (C=O) groups excluding carboxylic acids is 2. The second-order valence-corrected chi connectivity index (χ2v) is 10.3. The normalized spacial score (nSPS) is 20.6. The fourth-order valence-electron chi connectivity index (χ4n) is 4.82. The summed E-state index contributed by atoms with van der Waals surface area (Å²) >= 11 is 0. The minimum absolute atomic E-state index is 0.141. The summed E-state index contributed by atoms with van der Waals surface area (Å²) in [6, 6.07) is 13.6. The van der Waals surface area contributed by atoms with Crippen molar-refractivity contribution >= 4 is 21.9 Å². The van der Waals surface area contributed by atoms with Crippen LogP contribution >= 0.6 is 0 Å². The number of likely N-dealkylation sites (tertiary alicyclic amines) is 1. The third-order valence-corrected chi connectivity index (χ3v) is 8.50. The second-order valence-electron chi connectivity index (χ2n) is 8.36. The van der Waals surface area contributed by atoms with E-state index in [1.165, 1.54) is 16.4 Å².